The van der Waals surface area contributed by atoms with Crippen LogP contribution in [0.2, 0.25) is 0 Å². The summed E-state index contributed by atoms with van der Waals surface area (Å²) in [6.45, 7) is 4.27. The number of nitrogen functional groups attached to an aromatic ring is 1. The zero-order chi connectivity index (χ0) is 13.8. The summed E-state index contributed by atoms with van der Waals surface area (Å²) in [5.41, 5.74) is 6.73. The average Bonchev–Trinajstić information content (AvgIpc) is 2.89. The number of carbonyl (C=O) groups is 1. The topological polar surface area (TPSA) is 65.5 Å². The molecule has 2 N–H and O–H groups in total. The highest BCUT2D eigenvalue weighted by atomic mass is 16.5. The maximum atomic E-state index is 12.4. The van der Waals surface area contributed by atoms with Crippen molar-refractivity contribution in [3.63, 3.8) is 0 Å². The van der Waals surface area contributed by atoms with Gasteiger partial charge in [0.1, 0.15) is 5.76 Å². The second-order valence-corrected chi connectivity index (χ2v) is 4.11. The van der Waals surface area contributed by atoms with Gasteiger partial charge in [-0.05, 0) is 31.2 Å². The normalized spacial score (nSPS) is 10.4. The van der Waals surface area contributed by atoms with E-state index in [4.69, 9.17) is 14.9 Å². The van der Waals surface area contributed by atoms with Gasteiger partial charge in [-0.1, -0.05) is 13.0 Å². The third kappa shape index (κ3) is 2.62. The molecule has 0 fully saturated rings. The molecule has 0 saturated heterocycles. The number of benzene rings is 1. The fourth-order valence-electron chi connectivity index (χ4n) is 1.86. The van der Waals surface area contributed by atoms with Gasteiger partial charge in [-0.2, -0.15) is 0 Å². The molecular weight excluding hydrogens is 242 g/mol. The molecule has 0 bridgehead atoms. The first-order valence-electron chi connectivity index (χ1n) is 6.32. The van der Waals surface area contributed by atoms with Crippen LogP contribution in [0.5, 0.6) is 5.75 Å². The van der Waals surface area contributed by atoms with Crippen molar-refractivity contribution in [2.75, 3.05) is 12.3 Å². The molecule has 0 atom stereocenters. The summed E-state index contributed by atoms with van der Waals surface area (Å²) in [4.78, 5) is 12.4. The Bertz CT molecular complexity index is 587. The summed E-state index contributed by atoms with van der Waals surface area (Å²) in [7, 11) is 0. The van der Waals surface area contributed by atoms with Crippen molar-refractivity contribution in [2.24, 2.45) is 0 Å². The van der Waals surface area contributed by atoms with Gasteiger partial charge < -0.3 is 14.9 Å². The molecule has 2 rings (SSSR count). The van der Waals surface area contributed by atoms with E-state index in [0.717, 1.165) is 12.2 Å². The molecule has 0 amide bonds. The fraction of sp³-hybridized carbons (Fsp3) is 0.267. The second kappa shape index (κ2) is 5.61. The van der Waals surface area contributed by atoms with Crippen molar-refractivity contribution in [3.05, 3.63) is 47.4 Å². The molecule has 19 heavy (non-hydrogen) atoms. The van der Waals surface area contributed by atoms with Crippen molar-refractivity contribution < 1.29 is 13.9 Å². The molecule has 1 aromatic heterocycles. The van der Waals surface area contributed by atoms with Crippen molar-refractivity contribution in [1.29, 1.82) is 0 Å². The highest BCUT2D eigenvalue weighted by molar-refractivity contribution is 6.09. The number of para-hydroxylation sites is 1. The minimum atomic E-state index is -0.213. The molecule has 0 unspecified atom stereocenters. The summed E-state index contributed by atoms with van der Waals surface area (Å²) >= 11 is 0. The van der Waals surface area contributed by atoms with E-state index in [1.807, 2.05) is 13.8 Å². The number of carbonyl (C=O) groups excluding carboxylic acids is 1. The van der Waals surface area contributed by atoms with Crippen molar-refractivity contribution >= 4 is 11.5 Å². The number of hydrogen-bond acceptors (Lipinski definition) is 4. The van der Waals surface area contributed by atoms with Gasteiger partial charge in [0.25, 0.3) is 0 Å². The van der Waals surface area contributed by atoms with Crippen LogP contribution >= 0.6 is 0 Å². The molecule has 0 radical (unpaired) electrons. The summed E-state index contributed by atoms with van der Waals surface area (Å²) < 4.78 is 10.9. The smallest absolute Gasteiger partial charge is 0.231 e. The van der Waals surface area contributed by atoms with Gasteiger partial charge in [-0.3, -0.25) is 4.79 Å². The standard InChI is InChI=1S/C15H17NO3/c1-3-10-8-9-13(19-10)14(17)11-6-5-7-12(16)15(11)18-4-2/h5-9H,3-4,16H2,1-2H3. The van der Waals surface area contributed by atoms with Gasteiger partial charge in [-0.15, -0.1) is 0 Å². The summed E-state index contributed by atoms with van der Waals surface area (Å²) in [5, 5.41) is 0. The van der Waals surface area contributed by atoms with E-state index in [9.17, 15) is 4.79 Å². The SMILES string of the molecule is CCOc1c(N)cccc1C(=O)c1ccc(CC)o1. The molecule has 1 heterocycles. The van der Waals surface area contributed by atoms with Crippen LogP contribution in [0.1, 0.15) is 35.7 Å². The zero-order valence-corrected chi connectivity index (χ0v) is 11.1. The Morgan fingerprint density at radius 3 is 2.68 bits per heavy atom. The fourth-order valence-corrected chi connectivity index (χ4v) is 1.86. The second-order valence-electron chi connectivity index (χ2n) is 4.11. The van der Waals surface area contributed by atoms with Gasteiger partial charge in [0.15, 0.2) is 11.5 Å². The number of ketones is 1. The van der Waals surface area contributed by atoms with Gasteiger partial charge in [0.05, 0.1) is 17.9 Å². The molecular formula is C15H17NO3. The number of rotatable bonds is 5. The van der Waals surface area contributed by atoms with Crippen molar-refractivity contribution in [3.8, 4) is 5.75 Å². The molecule has 0 spiro atoms. The van der Waals surface area contributed by atoms with Crippen LogP contribution in [-0.2, 0) is 6.42 Å². The number of nitrogens with two attached hydrogens (primary N) is 1. The van der Waals surface area contributed by atoms with Crippen LogP contribution in [0.4, 0.5) is 5.69 Å². The number of furan rings is 1. The van der Waals surface area contributed by atoms with E-state index in [0.29, 0.717) is 29.4 Å². The maximum Gasteiger partial charge on any atom is 0.231 e. The highest BCUT2D eigenvalue weighted by Gasteiger charge is 2.19. The van der Waals surface area contributed by atoms with Crippen LogP contribution < -0.4 is 10.5 Å². The molecule has 0 aliphatic carbocycles. The van der Waals surface area contributed by atoms with Crippen LogP contribution in [0.15, 0.2) is 34.7 Å². The summed E-state index contributed by atoms with van der Waals surface area (Å²) in [6.07, 6.45) is 0.753. The predicted molar refractivity (Wildman–Crippen MR) is 73.5 cm³/mol. The first-order valence-corrected chi connectivity index (χ1v) is 6.32. The van der Waals surface area contributed by atoms with E-state index < -0.39 is 0 Å². The molecule has 100 valence electrons. The highest BCUT2D eigenvalue weighted by Crippen LogP contribution is 2.28. The van der Waals surface area contributed by atoms with Crippen molar-refractivity contribution in [2.45, 2.75) is 20.3 Å². The molecule has 2 aromatic rings. The Balaban J connectivity index is 2.40. The van der Waals surface area contributed by atoms with E-state index in [2.05, 4.69) is 0 Å². The largest absolute Gasteiger partial charge is 0.491 e. The minimum Gasteiger partial charge on any atom is -0.491 e. The Labute approximate surface area is 112 Å². The number of hydrogen-bond donors (Lipinski definition) is 1. The molecule has 1 aromatic carbocycles. The maximum absolute atomic E-state index is 12.4. The zero-order valence-electron chi connectivity index (χ0n) is 11.1. The lowest BCUT2D eigenvalue weighted by Crippen LogP contribution is -2.06. The van der Waals surface area contributed by atoms with Crippen LogP contribution in [0.3, 0.4) is 0 Å². The molecule has 4 heteroatoms. The Morgan fingerprint density at radius 1 is 1.26 bits per heavy atom. The minimum absolute atomic E-state index is 0.213. The molecule has 0 saturated carbocycles. The van der Waals surface area contributed by atoms with Gasteiger partial charge in [-0.25, -0.2) is 0 Å². The van der Waals surface area contributed by atoms with Crippen molar-refractivity contribution in [1.82, 2.24) is 0 Å². The predicted octanol–water partition coefficient (Wildman–Crippen LogP) is 3.05. The molecule has 4 nitrogen and oxygen atoms in total. The van der Waals surface area contributed by atoms with E-state index in [1.54, 1.807) is 30.3 Å². The Hall–Kier alpha value is -2.23. The van der Waals surface area contributed by atoms with E-state index >= 15 is 0 Å². The Morgan fingerprint density at radius 2 is 2.05 bits per heavy atom. The number of aryl methyl sites for hydroxylation is 1. The van der Waals surface area contributed by atoms with Crippen LogP contribution in [0, 0.1) is 0 Å². The van der Waals surface area contributed by atoms with Gasteiger partial charge in [0.2, 0.25) is 5.78 Å². The monoisotopic (exact) mass is 259 g/mol. The van der Waals surface area contributed by atoms with E-state index in [1.165, 1.54) is 0 Å². The first kappa shape index (κ1) is 13.2. The van der Waals surface area contributed by atoms with Gasteiger partial charge in [0, 0.05) is 6.42 Å². The Kier molecular flexibility index (Phi) is 3.90. The quantitative estimate of drug-likeness (QED) is 0.662. The van der Waals surface area contributed by atoms with Crippen LogP contribution in [0.25, 0.3) is 0 Å². The molecule has 0 aliphatic heterocycles. The lowest BCUT2D eigenvalue weighted by atomic mass is 10.1. The molecule has 0 aliphatic rings. The third-order valence-electron chi connectivity index (χ3n) is 2.81. The van der Waals surface area contributed by atoms with E-state index in [-0.39, 0.29) is 5.78 Å². The lowest BCUT2D eigenvalue weighted by Gasteiger charge is -2.10. The summed E-state index contributed by atoms with van der Waals surface area (Å²) in [6, 6.07) is 8.62. The van der Waals surface area contributed by atoms with Crippen LogP contribution in [-0.4, -0.2) is 12.4 Å². The summed E-state index contributed by atoms with van der Waals surface area (Å²) in [5.74, 6) is 1.30. The average molecular weight is 259 g/mol. The van der Waals surface area contributed by atoms with Gasteiger partial charge >= 0.3 is 0 Å². The lowest BCUT2D eigenvalue weighted by molar-refractivity contribution is 0.100. The number of ether oxygens (including phenoxy) is 1. The third-order valence-corrected chi connectivity index (χ3v) is 2.81. The first-order chi connectivity index (χ1) is 9.17. The number of anilines is 1.